The zero-order valence-electron chi connectivity index (χ0n) is 5.67. The topological polar surface area (TPSA) is 42.9 Å². The van der Waals surface area contributed by atoms with Crippen LogP contribution in [0.3, 0.4) is 0 Å². The number of rotatable bonds is 1. The molecule has 0 unspecified atom stereocenters. The van der Waals surface area contributed by atoms with Crippen LogP contribution >= 0.6 is 0 Å². The molecule has 1 aromatic rings. The van der Waals surface area contributed by atoms with E-state index in [1.165, 1.54) is 6.07 Å². The van der Waals surface area contributed by atoms with Gasteiger partial charge in [0.15, 0.2) is 0 Å². The molecule has 1 aromatic heterocycles. The lowest BCUT2D eigenvalue weighted by Crippen LogP contribution is -2.24. The quantitative estimate of drug-likeness (QED) is 0.604. The Hall–Kier alpha value is -1.46. The Morgan fingerprint density at radius 3 is 2.17 bits per heavy atom. The van der Waals surface area contributed by atoms with Crippen LogP contribution in [0.5, 0.6) is 0 Å². The Bertz CT molecular complexity index is 283. The first kappa shape index (κ1) is 8.63. The summed E-state index contributed by atoms with van der Waals surface area (Å²) in [5.41, 5.74) is 0. The fourth-order valence-corrected chi connectivity index (χ4v) is 0.543. The van der Waals surface area contributed by atoms with Gasteiger partial charge in [-0.05, 0) is 6.07 Å². The molecule has 0 fully saturated rings. The van der Waals surface area contributed by atoms with Gasteiger partial charge in [0.2, 0.25) is 5.82 Å². The lowest BCUT2D eigenvalue weighted by Gasteiger charge is -2.01. The first-order chi connectivity index (χ1) is 5.52. The Morgan fingerprint density at radius 2 is 1.75 bits per heavy atom. The van der Waals surface area contributed by atoms with Crippen LogP contribution in [0.2, 0.25) is 0 Å². The minimum atomic E-state index is -4.90. The van der Waals surface area contributed by atoms with E-state index < -0.39 is 17.8 Å². The molecule has 0 radical (unpaired) electrons. The molecule has 0 aliphatic carbocycles. The first-order valence-electron chi connectivity index (χ1n) is 2.90. The maximum absolute atomic E-state index is 11.7. The Morgan fingerprint density at radius 1 is 1.25 bits per heavy atom. The number of halogens is 3. The molecule has 0 spiro atoms. The summed E-state index contributed by atoms with van der Waals surface area (Å²) in [6.07, 6.45) is -2.75. The van der Waals surface area contributed by atoms with E-state index in [1.807, 2.05) is 0 Å². The van der Waals surface area contributed by atoms with E-state index >= 15 is 0 Å². The van der Waals surface area contributed by atoms with Gasteiger partial charge < -0.3 is 0 Å². The molecular formula is C6H3F3N2O. The van der Waals surface area contributed by atoms with Crippen LogP contribution in [-0.4, -0.2) is 21.9 Å². The van der Waals surface area contributed by atoms with Gasteiger partial charge in [0.05, 0.1) is 0 Å². The van der Waals surface area contributed by atoms with Crippen LogP contribution in [0.25, 0.3) is 0 Å². The highest BCUT2D eigenvalue weighted by molar-refractivity contribution is 5.96. The molecule has 0 amide bonds. The van der Waals surface area contributed by atoms with Crippen molar-refractivity contribution in [2.75, 3.05) is 0 Å². The number of alkyl halides is 3. The average Bonchev–Trinajstić information content (AvgIpc) is 2.03. The van der Waals surface area contributed by atoms with Gasteiger partial charge in [-0.1, -0.05) is 0 Å². The average molecular weight is 176 g/mol. The standard InChI is InChI=1S/C6H3F3N2O/c7-6(8,9)4(12)5-10-2-1-3-11-5/h1-3H. The van der Waals surface area contributed by atoms with Crippen molar-refractivity contribution in [3.8, 4) is 0 Å². The van der Waals surface area contributed by atoms with Gasteiger partial charge in [0.1, 0.15) is 0 Å². The fourth-order valence-electron chi connectivity index (χ4n) is 0.543. The van der Waals surface area contributed by atoms with Crippen LogP contribution < -0.4 is 0 Å². The van der Waals surface area contributed by atoms with Crippen LogP contribution in [-0.2, 0) is 0 Å². The molecule has 0 atom stereocenters. The van der Waals surface area contributed by atoms with Gasteiger partial charge in [-0.15, -0.1) is 0 Å². The maximum atomic E-state index is 11.7. The van der Waals surface area contributed by atoms with Gasteiger partial charge in [-0.25, -0.2) is 9.97 Å². The van der Waals surface area contributed by atoms with E-state index in [-0.39, 0.29) is 0 Å². The number of aromatic nitrogens is 2. The van der Waals surface area contributed by atoms with Gasteiger partial charge in [-0.2, -0.15) is 13.2 Å². The molecule has 0 saturated carbocycles. The number of nitrogens with zero attached hydrogens (tertiary/aromatic N) is 2. The molecule has 1 rings (SSSR count). The van der Waals surface area contributed by atoms with Crippen molar-refractivity contribution in [3.63, 3.8) is 0 Å². The second kappa shape index (κ2) is 2.88. The van der Waals surface area contributed by atoms with Crippen molar-refractivity contribution in [3.05, 3.63) is 24.3 Å². The van der Waals surface area contributed by atoms with E-state index in [9.17, 15) is 18.0 Å². The molecule has 64 valence electrons. The summed E-state index contributed by atoms with van der Waals surface area (Å²) in [5, 5.41) is 0. The van der Waals surface area contributed by atoms with E-state index in [1.54, 1.807) is 0 Å². The van der Waals surface area contributed by atoms with Crippen molar-refractivity contribution in [1.82, 2.24) is 9.97 Å². The van der Waals surface area contributed by atoms with Crippen LogP contribution in [0, 0.1) is 0 Å². The van der Waals surface area contributed by atoms with E-state index in [0.717, 1.165) is 12.4 Å². The molecule has 0 aliphatic heterocycles. The number of hydrogen-bond donors (Lipinski definition) is 0. The van der Waals surface area contributed by atoms with Gasteiger partial charge in [-0.3, -0.25) is 4.79 Å². The monoisotopic (exact) mass is 176 g/mol. The summed E-state index contributed by atoms with van der Waals surface area (Å²) < 4.78 is 35.1. The number of ketones is 1. The maximum Gasteiger partial charge on any atom is 0.458 e. The van der Waals surface area contributed by atoms with Crippen molar-refractivity contribution in [1.29, 1.82) is 0 Å². The minimum Gasteiger partial charge on any atom is -0.280 e. The normalized spacial score (nSPS) is 11.2. The first-order valence-corrected chi connectivity index (χ1v) is 2.90. The fraction of sp³-hybridized carbons (Fsp3) is 0.167. The molecule has 6 heteroatoms. The highest BCUT2D eigenvalue weighted by atomic mass is 19.4. The van der Waals surface area contributed by atoms with Crippen molar-refractivity contribution < 1.29 is 18.0 Å². The summed E-state index contributed by atoms with van der Waals surface area (Å²) in [5.74, 6) is -2.85. The molecular weight excluding hydrogens is 173 g/mol. The lowest BCUT2D eigenvalue weighted by atomic mass is 10.3. The summed E-state index contributed by atoms with van der Waals surface area (Å²) in [6, 6.07) is 1.33. The predicted molar refractivity (Wildman–Crippen MR) is 32.4 cm³/mol. The predicted octanol–water partition coefficient (Wildman–Crippen LogP) is 1.22. The molecule has 3 nitrogen and oxygen atoms in total. The smallest absolute Gasteiger partial charge is 0.280 e. The number of carbonyl (C=O) groups is 1. The summed E-state index contributed by atoms with van der Waals surface area (Å²) in [6.45, 7) is 0. The summed E-state index contributed by atoms with van der Waals surface area (Å²) in [4.78, 5) is 16.7. The van der Waals surface area contributed by atoms with Gasteiger partial charge >= 0.3 is 12.0 Å². The summed E-state index contributed by atoms with van der Waals surface area (Å²) >= 11 is 0. The molecule has 1 heterocycles. The van der Waals surface area contributed by atoms with E-state index in [4.69, 9.17) is 0 Å². The van der Waals surface area contributed by atoms with Crippen LogP contribution in [0.15, 0.2) is 18.5 Å². The van der Waals surface area contributed by atoms with Crippen LogP contribution in [0.1, 0.15) is 10.6 Å². The summed E-state index contributed by atoms with van der Waals surface area (Å²) in [7, 11) is 0. The third-order valence-corrected chi connectivity index (χ3v) is 1.03. The number of carbonyl (C=O) groups excluding carboxylic acids is 1. The number of Topliss-reactive ketones (excluding diaryl/α,β-unsaturated/α-hetero) is 1. The minimum absolute atomic E-state index is 0.829. The van der Waals surface area contributed by atoms with Crippen LogP contribution in [0.4, 0.5) is 13.2 Å². The van der Waals surface area contributed by atoms with Gasteiger partial charge in [0.25, 0.3) is 0 Å². The lowest BCUT2D eigenvalue weighted by molar-refractivity contribution is -0.0891. The molecule has 0 bridgehead atoms. The second-order valence-corrected chi connectivity index (χ2v) is 1.90. The highest BCUT2D eigenvalue weighted by Gasteiger charge is 2.41. The van der Waals surface area contributed by atoms with E-state index in [0.29, 0.717) is 0 Å². The third-order valence-electron chi connectivity index (χ3n) is 1.03. The van der Waals surface area contributed by atoms with Crippen molar-refractivity contribution in [2.24, 2.45) is 0 Å². The SMILES string of the molecule is O=C(c1ncccn1)C(F)(F)F. The second-order valence-electron chi connectivity index (χ2n) is 1.90. The Balaban J connectivity index is 2.94. The third kappa shape index (κ3) is 1.77. The molecule has 0 saturated heterocycles. The van der Waals surface area contributed by atoms with Crippen molar-refractivity contribution in [2.45, 2.75) is 6.18 Å². The molecule has 0 aromatic carbocycles. The highest BCUT2D eigenvalue weighted by Crippen LogP contribution is 2.18. The van der Waals surface area contributed by atoms with Gasteiger partial charge in [0, 0.05) is 12.4 Å². The molecule has 12 heavy (non-hydrogen) atoms. The zero-order chi connectivity index (χ0) is 9.19. The number of hydrogen-bond acceptors (Lipinski definition) is 3. The molecule has 0 N–H and O–H groups in total. The van der Waals surface area contributed by atoms with Crippen molar-refractivity contribution >= 4 is 5.78 Å². The Kier molecular flexibility index (Phi) is 2.07. The molecule has 0 aliphatic rings. The van der Waals surface area contributed by atoms with E-state index in [2.05, 4.69) is 9.97 Å². The zero-order valence-corrected chi connectivity index (χ0v) is 5.67. The largest absolute Gasteiger partial charge is 0.458 e. The Labute approximate surface area is 65.3 Å².